The number of hydrogen-bond donors (Lipinski definition) is 1. The molecule has 10 heteroatoms. The van der Waals surface area contributed by atoms with Crippen LogP contribution in [-0.4, -0.2) is 48.2 Å². The highest BCUT2D eigenvalue weighted by Crippen LogP contribution is 2.26. The summed E-state index contributed by atoms with van der Waals surface area (Å²) in [4.78, 5) is 13.8. The van der Waals surface area contributed by atoms with Gasteiger partial charge in [-0.05, 0) is 67.5 Å². The first kappa shape index (κ1) is 22.5. The fraction of sp³-hybridized carbons (Fsp3) is 0.318. The van der Waals surface area contributed by atoms with Gasteiger partial charge in [-0.2, -0.15) is 4.31 Å². The zero-order chi connectivity index (χ0) is 22.7. The number of carbonyl (C=O) groups is 1. The fourth-order valence-corrected chi connectivity index (χ4v) is 5.67. The molecule has 1 N–H and O–H groups in total. The maximum absolute atomic E-state index is 12.9. The van der Waals surface area contributed by atoms with Crippen LogP contribution in [-0.2, 0) is 10.0 Å². The molecule has 2 heterocycles. The Morgan fingerprint density at radius 2 is 1.97 bits per heavy atom. The first-order valence-electron chi connectivity index (χ1n) is 10.3. The molecule has 0 spiro atoms. The van der Waals surface area contributed by atoms with Crippen molar-refractivity contribution in [1.29, 1.82) is 0 Å². The number of rotatable bonds is 6. The molecule has 1 saturated heterocycles. The van der Waals surface area contributed by atoms with Gasteiger partial charge in [0.2, 0.25) is 15.9 Å². The second-order valence-corrected chi connectivity index (χ2v) is 10.6. The minimum Gasteiger partial charge on any atom is -0.403 e. The van der Waals surface area contributed by atoms with Crippen molar-refractivity contribution in [3.8, 4) is 11.5 Å². The second kappa shape index (κ2) is 9.43. The van der Waals surface area contributed by atoms with Crippen LogP contribution in [0.5, 0.6) is 0 Å². The molecular weight excluding hydrogens is 448 g/mol. The quantitative estimate of drug-likeness (QED) is 0.538. The summed E-state index contributed by atoms with van der Waals surface area (Å²) in [6.45, 7) is 3.09. The first-order valence-corrected chi connectivity index (χ1v) is 12.9. The molecule has 2 aromatic carbocycles. The van der Waals surface area contributed by atoms with Crippen LogP contribution in [0.15, 0.2) is 62.7 Å². The second-order valence-electron chi connectivity index (χ2n) is 7.73. The van der Waals surface area contributed by atoms with Crippen molar-refractivity contribution in [1.82, 2.24) is 14.5 Å². The fourth-order valence-electron chi connectivity index (χ4n) is 3.61. The molecule has 32 heavy (non-hydrogen) atoms. The molecule has 0 saturated carbocycles. The summed E-state index contributed by atoms with van der Waals surface area (Å²) in [6.07, 6.45) is 3.86. The average molecular weight is 473 g/mol. The molecule has 8 nitrogen and oxygen atoms in total. The summed E-state index contributed by atoms with van der Waals surface area (Å²) in [6, 6.07) is 13.5. The third-order valence-electron chi connectivity index (χ3n) is 5.34. The highest BCUT2D eigenvalue weighted by atomic mass is 32.2. The van der Waals surface area contributed by atoms with Crippen LogP contribution in [0.2, 0.25) is 0 Å². The van der Waals surface area contributed by atoms with Crippen molar-refractivity contribution in [2.45, 2.75) is 29.6 Å². The first-order chi connectivity index (χ1) is 15.4. The topological polar surface area (TPSA) is 105 Å². The maximum atomic E-state index is 12.9. The Labute approximate surface area is 191 Å². The van der Waals surface area contributed by atoms with Gasteiger partial charge in [0, 0.05) is 29.1 Å². The molecule has 1 atom stereocenters. The van der Waals surface area contributed by atoms with Gasteiger partial charge in [0.1, 0.15) is 0 Å². The molecule has 0 radical (unpaired) electrons. The number of sulfonamides is 1. The SMILES string of the molecule is CSc1cccc(-c2nnc(NC(=O)c3ccc(S(=O)(=O)N4CCC[C@@H](C)C4)cc3)o2)c1. The summed E-state index contributed by atoms with van der Waals surface area (Å²) >= 11 is 1.60. The summed E-state index contributed by atoms with van der Waals surface area (Å²) in [5, 5.41) is 10.4. The van der Waals surface area contributed by atoms with Gasteiger partial charge in [-0.3, -0.25) is 10.1 Å². The summed E-state index contributed by atoms with van der Waals surface area (Å²) in [5.41, 5.74) is 1.05. The van der Waals surface area contributed by atoms with Gasteiger partial charge < -0.3 is 4.42 Å². The smallest absolute Gasteiger partial charge is 0.322 e. The van der Waals surface area contributed by atoms with E-state index in [4.69, 9.17) is 4.42 Å². The van der Waals surface area contributed by atoms with Crippen LogP contribution in [0.3, 0.4) is 0 Å². The predicted molar refractivity (Wildman–Crippen MR) is 123 cm³/mol. The molecule has 0 bridgehead atoms. The maximum Gasteiger partial charge on any atom is 0.322 e. The number of aromatic nitrogens is 2. The van der Waals surface area contributed by atoms with Crippen LogP contribution < -0.4 is 5.32 Å². The Morgan fingerprint density at radius 1 is 1.19 bits per heavy atom. The number of anilines is 1. The standard InChI is InChI=1S/C22H24N4O4S2/c1-15-5-4-12-26(14-15)32(28,29)19-10-8-16(9-11-19)20(27)23-22-25-24-21(30-22)17-6-3-7-18(13-17)31-2/h3,6-11,13,15H,4-5,12,14H2,1-2H3,(H,23,25,27)/t15-/m1/s1. The normalized spacial score (nSPS) is 17.2. The number of carbonyl (C=O) groups excluding carboxylic acids is 1. The summed E-state index contributed by atoms with van der Waals surface area (Å²) in [5.74, 6) is 0.174. The zero-order valence-corrected chi connectivity index (χ0v) is 19.4. The molecule has 1 fully saturated rings. The lowest BCUT2D eigenvalue weighted by atomic mass is 10.0. The molecule has 1 aliphatic rings. The third-order valence-corrected chi connectivity index (χ3v) is 7.94. The molecule has 0 unspecified atom stereocenters. The van der Waals surface area contributed by atoms with Crippen LogP contribution in [0.4, 0.5) is 6.01 Å². The average Bonchev–Trinajstić information content (AvgIpc) is 3.27. The van der Waals surface area contributed by atoms with E-state index in [0.29, 0.717) is 30.5 Å². The third kappa shape index (κ3) is 4.87. The summed E-state index contributed by atoms with van der Waals surface area (Å²) in [7, 11) is -3.57. The molecule has 1 aromatic heterocycles. The van der Waals surface area contributed by atoms with Crippen molar-refractivity contribution in [3.05, 3.63) is 54.1 Å². The Balaban J connectivity index is 1.45. The van der Waals surface area contributed by atoms with Crippen LogP contribution in [0, 0.1) is 5.92 Å². The highest BCUT2D eigenvalue weighted by Gasteiger charge is 2.28. The number of benzene rings is 2. The Bertz CT molecular complexity index is 1210. The number of thioether (sulfide) groups is 1. The number of hydrogen-bond acceptors (Lipinski definition) is 7. The van der Waals surface area contributed by atoms with Gasteiger partial charge in [0.15, 0.2) is 0 Å². The largest absolute Gasteiger partial charge is 0.403 e. The molecule has 1 aliphatic heterocycles. The number of amides is 1. The van der Waals surface area contributed by atoms with Crippen LogP contribution >= 0.6 is 11.8 Å². The highest BCUT2D eigenvalue weighted by molar-refractivity contribution is 7.98. The van der Waals surface area contributed by atoms with E-state index in [1.165, 1.54) is 28.6 Å². The van der Waals surface area contributed by atoms with E-state index in [-0.39, 0.29) is 10.9 Å². The molecule has 168 valence electrons. The monoisotopic (exact) mass is 472 g/mol. The van der Waals surface area contributed by atoms with E-state index in [0.717, 1.165) is 23.3 Å². The van der Waals surface area contributed by atoms with E-state index < -0.39 is 15.9 Å². The van der Waals surface area contributed by atoms with E-state index >= 15 is 0 Å². The number of nitrogens with one attached hydrogen (secondary N) is 1. The van der Waals surface area contributed by atoms with Gasteiger partial charge in [-0.15, -0.1) is 16.9 Å². The van der Waals surface area contributed by atoms with Gasteiger partial charge >= 0.3 is 6.01 Å². The summed E-state index contributed by atoms with van der Waals surface area (Å²) < 4.78 is 32.8. The van der Waals surface area contributed by atoms with E-state index in [2.05, 4.69) is 22.4 Å². The Hall–Kier alpha value is -2.69. The Morgan fingerprint density at radius 3 is 2.69 bits per heavy atom. The van der Waals surface area contributed by atoms with Gasteiger partial charge in [0.25, 0.3) is 5.91 Å². The molecule has 1 amide bonds. The predicted octanol–water partition coefficient (Wildman–Crippen LogP) is 4.13. The van der Waals surface area contributed by atoms with E-state index in [9.17, 15) is 13.2 Å². The minimum atomic E-state index is -3.57. The molecule has 4 rings (SSSR count). The lowest BCUT2D eigenvalue weighted by Gasteiger charge is -2.30. The van der Waals surface area contributed by atoms with Crippen molar-refractivity contribution < 1.29 is 17.6 Å². The van der Waals surface area contributed by atoms with Gasteiger partial charge in [-0.1, -0.05) is 18.1 Å². The molecule has 0 aliphatic carbocycles. The lowest BCUT2D eigenvalue weighted by molar-refractivity contribution is 0.102. The van der Waals surface area contributed by atoms with E-state index in [1.54, 1.807) is 11.8 Å². The number of piperidine rings is 1. The molecule has 3 aromatic rings. The molecular formula is C22H24N4O4S2. The van der Waals surface area contributed by atoms with Crippen LogP contribution in [0.25, 0.3) is 11.5 Å². The minimum absolute atomic E-state index is 0.0291. The van der Waals surface area contributed by atoms with Crippen molar-refractivity contribution in [2.75, 3.05) is 24.7 Å². The van der Waals surface area contributed by atoms with Crippen molar-refractivity contribution in [3.63, 3.8) is 0 Å². The zero-order valence-electron chi connectivity index (χ0n) is 17.8. The van der Waals surface area contributed by atoms with E-state index in [1.807, 2.05) is 30.5 Å². The van der Waals surface area contributed by atoms with Crippen molar-refractivity contribution in [2.24, 2.45) is 5.92 Å². The van der Waals surface area contributed by atoms with Crippen molar-refractivity contribution >= 4 is 33.7 Å². The van der Waals surface area contributed by atoms with Gasteiger partial charge in [-0.25, -0.2) is 8.42 Å². The Kier molecular flexibility index (Phi) is 6.63. The number of nitrogens with zero attached hydrogens (tertiary/aromatic N) is 3. The lowest BCUT2D eigenvalue weighted by Crippen LogP contribution is -2.39. The van der Waals surface area contributed by atoms with Gasteiger partial charge in [0.05, 0.1) is 4.90 Å². The van der Waals surface area contributed by atoms with Crippen LogP contribution in [0.1, 0.15) is 30.1 Å².